The molecule has 0 saturated heterocycles. The van der Waals surface area contributed by atoms with E-state index in [0.29, 0.717) is 5.92 Å². The van der Waals surface area contributed by atoms with Gasteiger partial charge in [0.15, 0.2) is 0 Å². The van der Waals surface area contributed by atoms with Gasteiger partial charge in [0.05, 0.1) is 0 Å². The van der Waals surface area contributed by atoms with E-state index in [1.165, 1.54) is 11.1 Å². The zero-order valence-corrected chi connectivity index (χ0v) is 11.0. The normalized spacial score (nSPS) is 12.1. The second-order valence-corrected chi connectivity index (χ2v) is 4.83. The van der Waals surface area contributed by atoms with Gasteiger partial charge in [-0.05, 0) is 42.2 Å². The third-order valence-corrected chi connectivity index (χ3v) is 3.08. The van der Waals surface area contributed by atoms with Crippen molar-refractivity contribution in [2.75, 3.05) is 17.6 Å². The summed E-state index contributed by atoms with van der Waals surface area (Å²) >= 11 is 0. The third kappa shape index (κ3) is 3.27. The summed E-state index contributed by atoms with van der Waals surface area (Å²) in [6.45, 7) is 5.19. The second kappa shape index (κ2) is 5.58. The van der Waals surface area contributed by atoms with Gasteiger partial charge in [-0.3, -0.25) is 0 Å². The SMILES string of the molecule is Cc1cc(N)cc(NCC(C)c2ccccc2)c1. The van der Waals surface area contributed by atoms with Crippen molar-refractivity contribution in [3.05, 3.63) is 59.7 Å². The van der Waals surface area contributed by atoms with Crippen molar-refractivity contribution < 1.29 is 0 Å². The van der Waals surface area contributed by atoms with E-state index in [2.05, 4.69) is 49.5 Å². The molecule has 2 rings (SSSR count). The van der Waals surface area contributed by atoms with Crippen LogP contribution in [0, 0.1) is 6.92 Å². The lowest BCUT2D eigenvalue weighted by molar-refractivity contribution is 0.805. The lowest BCUT2D eigenvalue weighted by atomic mass is 10.0. The van der Waals surface area contributed by atoms with Crippen molar-refractivity contribution in [3.8, 4) is 0 Å². The van der Waals surface area contributed by atoms with Crippen LogP contribution in [0.4, 0.5) is 11.4 Å². The molecule has 0 fully saturated rings. The number of hydrogen-bond donors (Lipinski definition) is 2. The van der Waals surface area contributed by atoms with Gasteiger partial charge in [0.1, 0.15) is 0 Å². The van der Waals surface area contributed by atoms with Gasteiger partial charge in [0, 0.05) is 17.9 Å². The maximum Gasteiger partial charge on any atom is 0.0363 e. The summed E-state index contributed by atoms with van der Waals surface area (Å²) in [5.74, 6) is 0.480. The summed E-state index contributed by atoms with van der Waals surface area (Å²) in [5.41, 5.74) is 10.3. The van der Waals surface area contributed by atoms with Crippen LogP contribution in [0.15, 0.2) is 48.5 Å². The predicted octanol–water partition coefficient (Wildman–Crippen LogP) is 3.79. The smallest absolute Gasteiger partial charge is 0.0363 e. The molecule has 0 bridgehead atoms. The molecule has 2 heteroatoms. The number of hydrogen-bond acceptors (Lipinski definition) is 2. The molecule has 0 radical (unpaired) electrons. The number of anilines is 2. The van der Waals surface area contributed by atoms with E-state index in [1.807, 2.05) is 18.2 Å². The van der Waals surface area contributed by atoms with Crippen LogP contribution in [0.2, 0.25) is 0 Å². The van der Waals surface area contributed by atoms with E-state index in [-0.39, 0.29) is 0 Å². The fraction of sp³-hybridized carbons (Fsp3) is 0.250. The largest absolute Gasteiger partial charge is 0.399 e. The zero-order valence-electron chi connectivity index (χ0n) is 11.0. The van der Waals surface area contributed by atoms with E-state index in [0.717, 1.165) is 17.9 Å². The quantitative estimate of drug-likeness (QED) is 0.798. The Morgan fingerprint density at radius 1 is 1.11 bits per heavy atom. The molecule has 18 heavy (non-hydrogen) atoms. The molecule has 0 heterocycles. The summed E-state index contributed by atoms with van der Waals surface area (Å²) in [7, 11) is 0. The maximum atomic E-state index is 5.84. The standard InChI is InChI=1S/C16H20N2/c1-12-8-15(17)10-16(9-12)18-11-13(2)14-6-4-3-5-7-14/h3-10,13,18H,11,17H2,1-2H3. The van der Waals surface area contributed by atoms with Gasteiger partial charge in [0.25, 0.3) is 0 Å². The van der Waals surface area contributed by atoms with Crippen molar-refractivity contribution in [1.82, 2.24) is 0 Å². The third-order valence-electron chi connectivity index (χ3n) is 3.08. The number of aryl methyl sites for hydroxylation is 1. The highest BCUT2D eigenvalue weighted by Gasteiger charge is 2.04. The monoisotopic (exact) mass is 240 g/mol. The number of nitrogens with one attached hydrogen (secondary N) is 1. The Balaban J connectivity index is 1.99. The number of nitrogens with two attached hydrogens (primary N) is 1. The fourth-order valence-electron chi connectivity index (χ4n) is 2.09. The number of nitrogen functional groups attached to an aromatic ring is 1. The first-order valence-corrected chi connectivity index (χ1v) is 6.31. The molecular formula is C16H20N2. The van der Waals surface area contributed by atoms with Gasteiger partial charge in [-0.15, -0.1) is 0 Å². The molecule has 0 aliphatic rings. The summed E-state index contributed by atoms with van der Waals surface area (Å²) in [6.07, 6.45) is 0. The lowest BCUT2D eigenvalue weighted by Gasteiger charge is -2.14. The molecule has 2 aromatic carbocycles. The Kier molecular flexibility index (Phi) is 3.88. The van der Waals surface area contributed by atoms with Crippen LogP contribution in [0.5, 0.6) is 0 Å². The molecule has 0 amide bonds. The molecule has 94 valence electrons. The van der Waals surface area contributed by atoms with Crippen LogP contribution >= 0.6 is 0 Å². The lowest BCUT2D eigenvalue weighted by Crippen LogP contribution is -2.10. The first-order valence-electron chi connectivity index (χ1n) is 6.31. The molecule has 0 aliphatic carbocycles. The Morgan fingerprint density at radius 2 is 1.83 bits per heavy atom. The van der Waals surface area contributed by atoms with Gasteiger partial charge >= 0.3 is 0 Å². The van der Waals surface area contributed by atoms with E-state index < -0.39 is 0 Å². The van der Waals surface area contributed by atoms with E-state index in [9.17, 15) is 0 Å². The van der Waals surface area contributed by atoms with E-state index in [1.54, 1.807) is 0 Å². The van der Waals surface area contributed by atoms with E-state index in [4.69, 9.17) is 5.73 Å². The van der Waals surface area contributed by atoms with Crippen LogP contribution in [0.3, 0.4) is 0 Å². The summed E-state index contributed by atoms with van der Waals surface area (Å²) < 4.78 is 0. The van der Waals surface area contributed by atoms with Crippen molar-refractivity contribution in [2.45, 2.75) is 19.8 Å². The van der Waals surface area contributed by atoms with Crippen molar-refractivity contribution >= 4 is 11.4 Å². The molecule has 0 spiro atoms. The maximum absolute atomic E-state index is 5.84. The highest BCUT2D eigenvalue weighted by atomic mass is 14.9. The summed E-state index contributed by atoms with van der Waals surface area (Å²) in [5, 5.41) is 3.44. The summed E-state index contributed by atoms with van der Waals surface area (Å²) in [6, 6.07) is 16.6. The summed E-state index contributed by atoms with van der Waals surface area (Å²) in [4.78, 5) is 0. The van der Waals surface area contributed by atoms with Gasteiger partial charge in [0.2, 0.25) is 0 Å². The molecule has 1 atom stereocenters. The van der Waals surface area contributed by atoms with Crippen molar-refractivity contribution in [1.29, 1.82) is 0 Å². The van der Waals surface area contributed by atoms with Crippen LogP contribution in [0.25, 0.3) is 0 Å². The van der Waals surface area contributed by atoms with Crippen LogP contribution in [-0.4, -0.2) is 6.54 Å². The van der Waals surface area contributed by atoms with E-state index >= 15 is 0 Å². The van der Waals surface area contributed by atoms with Crippen LogP contribution in [0.1, 0.15) is 24.0 Å². The zero-order chi connectivity index (χ0) is 13.0. The predicted molar refractivity (Wildman–Crippen MR) is 78.9 cm³/mol. The van der Waals surface area contributed by atoms with Gasteiger partial charge in [-0.2, -0.15) is 0 Å². The minimum Gasteiger partial charge on any atom is -0.399 e. The topological polar surface area (TPSA) is 38.0 Å². The van der Waals surface area contributed by atoms with Crippen molar-refractivity contribution in [3.63, 3.8) is 0 Å². The minimum absolute atomic E-state index is 0.480. The van der Waals surface area contributed by atoms with Crippen LogP contribution in [-0.2, 0) is 0 Å². The molecule has 3 N–H and O–H groups in total. The van der Waals surface area contributed by atoms with Crippen molar-refractivity contribution in [2.24, 2.45) is 0 Å². The van der Waals surface area contributed by atoms with Crippen LogP contribution < -0.4 is 11.1 Å². The van der Waals surface area contributed by atoms with Gasteiger partial charge in [-0.1, -0.05) is 37.3 Å². The number of benzene rings is 2. The molecule has 0 aromatic heterocycles. The highest BCUT2D eigenvalue weighted by molar-refractivity contribution is 5.56. The van der Waals surface area contributed by atoms with Gasteiger partial charge in [-0.25, -0.2) is 0 Å². The number of rotatable bonds is 4. The first-order chi connectivity index (χ1) is 8.65. The average Bonchev–Trinajstić information content (AvgIpc) is 2.36. The van der Waals surface area contributed by atoms with Gasteiger partial charge < -0.3 is 11.1 Å². The minimum atomic E-state index is 0.480. The Hall–Kier alpha value is -1.96. The average molecular weight is 240 g/mol. The second-order valence-electron chi connectivity index (χ2n) is 4.83. The molecular weight excluding hydrogens is 220 g/mol. The Morgan fingerprint density at radius 3 is 2.50 bits per heavy atom. The molecule has 0 aliphatic heterocycles. The molecule has 1 unspecified atom stereocenters. The Bertz CT molecular complexity index is 486. The Labute approximate surface area is 109 Å². The molecule has 2 aromatic rings. The molecule has 2 nitrogen and oxygen atoms in total. The molecule has 0 saturated carbocycles. The first kappa shape index (κ1) is 12.5. The fourth-order valence-corrected chi connectivity index (χ4v) is 2.09. The highest BCUT2D eigenvalue weighted by Crippen LogP contribution is 2.19.